The summed E-state index contributed by atoms with van der Waals surface area (Å²) in [6, 6.07) is 0. The molecule has 22 heteroatoms. The average Bonchev–Trinajstić information content (AvgIpc) is 3.57. The molecule has 0 bridgehead atoms. The van der Waals surface area contributed by atoms with Crippen molar-refractivity contribution in [2.45, 2.75) is 242 Å². The fourth-order valence-corrected chi connectivity index (χ4v) is 15.9. The van der Waals surface area contributed by atoms with Gasteiger partial charge >= 0.3 is 0 Å². The van der Waals surface area contributed by atoms with E-state index in [1.54, 1.807) is 0 Å². The lowest BCUT2D eigenvalue weighted by atomic mass is 9.35. The van der Waals surface area contributed by atoms with Crippen LogP contribution in [0.4, 0.5) is 0 Å². The van der Waals surface area contributed by atoms with Crippen LogP contribution in [0.3, 0.4) is 0 Å². The van der Waals surface area contributed by atoms with Gasteiger partial charge < -0.3 is 109 Å². The fourth-order valence-electron chi connectivity index (χ4n) is 15.9. The third-order valence-electron chi connectivity index (χ3n) is 21.0. The van der Waals surface area contributed by atoms with Crippen molar-refractivity contribution in [1.29, 1.82) is 0 Å². The predicted molar refractivity (Wildman–Crippen MR) is 263 cm³/mol. The van der Waals surface area contributed by atoms with E-state index in [1.807, 2.05) is 6.92 Å². The van der Waals surface area contributed by atoms with Crippen molar-refractivity contribution in [3.63, 3.8) is 0 Å². The van der Waals surface area contributed by atoms with E-state index in [2.05, 4.69) is 46.8 Å². The van der Waals surface area contributed by atoms with Crippen LogP contribution in [0.15, 0.2) is 23.3 Å². The highest BCUT2D eigenvalue weighted by Gasteiger charge is 2.69. The topological polar surface area (TPSA) is 357 Å². The molecule has 29 atom stereocenters. The molecule has 5 aliphatic carbocycles. The van der Waals surface area contributed by atoms with Crippen LogP contribution in [0, 0.1) is 44.3 Å². The first-order valence-corrected chi connectivity index (χ1v) is 27.5. The zero-order chi connectivity index (χ0) is 55.6. The molecule has 22 nitrogen and oxygen atoms in total. The molecule has 0 amide bonds. The minimum Gasteiger partial charge on any atom is -0.396 e. The number of fused-ring (bicyclic) bond motifs is 6. The third-order valence-corrected chi connectivity index (χ3v) is 21.0. The number of hydrogen-bond acceptors (Lipinski definition) is 22. The summed E-state index contributed by atoms with van der Waals surface area (Å²) in [6.07, 6.45) is -24.7. The average molecular weight is 1090 g/mol. The predicted octanol–water partition coefficient (Wildman–Crippen LogP) is -1.64. The summed E-state index contributed by atoms with van der Waals surface area (Å²) in [5.41, 5.74) is -0.424. The van der Waals surface area contributed by atoms with E-state index in [0.717, 1.165) is 19.3 Å². The quantitative estimate of drug-likeness (QED) is 0.0975. The molecule has 76 heavy (non-hydrogen) atoms. The second-order valence-electron chi connectivity index (χ2n) is 25.9. The van der Waals surface area contributed by atoms with E-state index >= 15 is 0 Å². The van der Waals surface area contributed by atoms with Crippen LogP contribution in [-0.4, -0.2) is 233 Å². The zero-order valence-corrected chi connectivity index (χ0v) is 45.0. The van der Waals surface area contributed by atoms with Gasteiger partial charge in [-0.25, -0.2) is 0 Å². The molecule has 3 saturated carbocycles. The molecule has 9 rings (SSSR count). The molecule has 0 aromatic heterocycles. The highest BCUT2D eigenvalue weighted by atomic mass is 16.8. The molecule has 0 aromatic rings. The van der Waals surface area contributed by atoms with Gasteiger partial charge in [-0.15, -0.1) is 0 Å². The van der Waals surface area contributed by atoms with E-state index in [9.17, 15) is 71.5 Å². The van der Waals surface area contributed by atoms with Crippen molar-refractivity contribution in [2.75, 3.05) is 26.4 Å². The molecular formula is C54H88O22. The molecule has 14 N–H and O–H groups in total. The van der Waals surface area contributed by atoms with Crippen LogP contribution in [0.2, 0.25) is 0 Å². The Morgan fingerprint density at radius 1 is 0.539 bits per heavy atom. The number of aliphatic hydroxyl groups excluding tert-OH is 14. The standard InChI is InChI=1S/C54H88O22/c1-23-33(60)36(63)39(66)45(69-23)74-42-28(20-56)72-47(41(68)38(42)65)75-43-34(61)24(2)70-48(44(43)76-46-40(67)37(64)35(62)27(19-55)71-46)73-32-12-13-50(5)29(51(32,6)21-57)11-14-52(7)30(50)10-9-25-26-17-49(3,4)15-16-54(26,22-58)31(59)18-53(25,52)8/h9-10,23-24,27-48,55-68H,11-22H2,1-8H3/t23-,24+,27+,28+,29+,30+,31-,32-,33-,34-,35?,36+,37?,38+,39+,40?,41+,42+,43-,44+,45-,46?,47-,48-,50-,51-,52+,53+,54+/m0/s1. The molecule has 7 fully saturated rings. The largest absolute Gasteiger partial charge is 0.396 e. The Morgan fingerprint density at radius 2 is 1.11 bits per heavy atom. The Hall–Kier alpha value is -1.40. The molecular weight excluding hydrogens is 1000 g/mol. The van der Waals surface area contributed by atoms with Gasteiger partial charge in [0.2, 0.25) is 0 Å². The van der Waals surface area contributed by atoms with Gasteiger partial charge in [0.05, 0.1) is 50.8 Å². The molecule has 4 aliphatic heterocycles. The summed E-state index contributed by atoms with van der Waals surface area (Å²) in [4.78, 5) is 0. The van der Waals surface area contributed by atoms with E-state index < -0.39 is 170 Å². The normalized spacial score (nSPS) is 55.3. The summed E-state index contributed by atoms with van der Waals surface area (Å²) < 4.78 is 49.2. The number of hydrogen-bond donors (Lipinski definition) is 14. The molecule has 4 unspecified atom stereocenters. The summed E-state index contributed by atoms with van der Waals surface area (Å²) in [5, 5.41) is 155. The first kappa shape index (κ1) is 59.2. The van der Waals surface area contributed by atoms with Gasteiger partial charge in [0.15, 0.2) is 25.2 Å². The summed E-state index contributed by atoms with van der Waals surface area (Å²) in [6.45, 7) is 14.2. The Kier molecular flexibility index (Phi) is 16.7. The number of rotatable bonds is 12. The van der Waals surface area contributed by atoms with Crippen molar-refractivity contribution in [2.24, 2.45) is 44.3 Å². The maximum absolute atomic E-state index is 12.2. The Morgan fingerprint density at radius 3 is 1.74 bits per heavy atom. The van der Waals surface area contributed by atoms with Crippen LogP contribution in [0.1, 0.15) is 107 Å². The van der Waals surface area contributed by atoms with Gasteiger partial charge in [0, 0.05) is 16.2 Å². The minimum absolute atomic E-state index is 0.000158. The van der Waals surface area contributed by atoms with E-state index in [1.165, 1.54) is 25.0 Å². The van der Waals surface area contributed by atoms with E-state index in [-0.39, 0.29) is 35.9 Å². The molecule has 436 valence electrons. The van der Waals surface area contributed by atoms with Crippen molar-refractivity contribution in [3.8, 4) is 0 Å². The van der Waals surface area contributed by atoms with Gasteiger partial charge in [0.25, 0.3) is 0 Å². The van der Waals surface area contributed by atoms with Gasteiger partial charge in [0.1, 0.15) is 85.5 Å². The Labute approximate surface area is 444 Å². The van der Waals surface area contributed by atoms with Crippen molar-refractivity contribution in [1.82, 2.24) is 0 Å². The lowest BCUT2D eigenvalue weighted by Crippen LogP contribution is -2.68. The minimum atomic E-state index is -2.02. The van der Waals surface area contributed by atoms with Crippen LogP contribution in [-0.2, 0) is 37.9 Å². The van der Waals surface area contributed by atoms with Gasteiger partial charge in [-0.05, 0) is 98.9 Å². The second kappa shape index (κ2) is 21.4. The highest BCUT2D eigenvalue weighted by molar-refractivity contribution is 5.47. The summed E-state index contributed by atoms with van der Waals surface area (Å²) in [5.74, 6) is -0.152. The number of allylic oxidation sites excluding steroid dienone is 3. The molecule has 9 aliphatic rings. The third kappa shape index (κ3) is 9.34. The Bertz CT molecular complexity index is 2110. The monoisotopic (exact) mass is 1090 g/mol. The lowest BCUT2D eigenvalue weighted by molar-refractivity contribution is -0.402. The lowest BCUT2D eigenvalue weighted by Gasteiger charge is -2.70. The first-order valence-electron chi connectivity index (χ1n) is 27.5. The highest BCUT2D eigenvalue weighted by Crippen LogP contribution is 2.74. The molecule has 0 radical (unpaired) electrons. The number of ether oxygens (including phenoxy) is 8. The summed E-state index contributed by atoms with van der Waals surface area (Å²) in [7, 11) is 0. The maximum Gasteiger partial charge on any atom is 0.187 e. The van der Waals surface area contributed by atoms with E-state index in [4.69, 9.17) is 37.9 Å². The van der Waals surface area contributed by atoms with Crippen molar-refractivity contribution < 1.29 is 109 Å². The molecule has 4 heterocycles. The molecule has 0 aromatic carbocycles. The maximum atomic E-state index is 12.2. The zero-order valence-electron chi connectivity index (χ0n) is 45.0. The SMILES string of the molecule is C[C@@H]1O[C@@H](O[C@H]2[C@H](O)[C@@H](O)[C@H](O[C@H]3[C@@H](O)[C@@H](C)O[C@@H](O[C@H]4CC[C@@]5(C)[C@@H](CC[C@]6(C)[C@@H]5C=CC5=C7CC(C)(C)CC[C@]7(CO)[C@@H](O)C[C@]56C)[C@]4(C)CO)[C@@H]3OC3O[C@H](CO)C(O)C(O)C3O)O[C@@H]2CO)[C@H](O)[C@H](O)[C@H]1O. The molecule has 4 saturated heterocycles. The number of aliphatic hydroxyl groups is 14. The second-order valence-corrected chi connectivity index (χ2v) is 25.9. The van der Waals surface area contributed by atoms with Crippen LogP contribution < -0.4 is 0 Å². The fraction of sp³-hybridized carbons (Fsp3) is 0.926. The smallest absolute Gasteiger partial charge is 0.187 e. The van der Waals surface area contributed by atoms with Crippen LogP contribution in [0.5, 0.6) is 0 Å². The van der Waals surface area contributed by atoms with Gasteiger partial charge in [-0.1, -0.05) is 59.3 Å². The van der Waals surface area contributed by atoms with Crippen LogP contribution in [0.25, 0.3) is 0 Å². The first-order chi connectivity index (χ1) is 35.6. The van der Waals surface area contributed by atoms with Gasteiger partial charge in [-0.3, -0.25) is 0 Å². The van der Waals surface area contributed by atoms with E-state index in [0.29, 0.717) is 32.1 Å². The Balaban J connectivity index is 1.01. The van der Waals surface area contributed by atoms with Crippen molar-refractivity contribution >= 4 is 0 Å². The van der Waals surface area contributed by atoms with Crippen LogP contribution >= 0.6 is 0 Å². The summed E-state index contributed by atoms with van der Waals surface area (Å²) >= 11 is 0. The molecule has 0 spiro atoms. The van der Waals surface area contributed by atoms with Gasteiger partial charge in [-0.2, -0.15) is 0 Å². The van der Waals surface area contributed by atoms with Crippen molar-refractivity contribution in [3.05, 3.63) is 23.3 Å².